The maximum Gasteiger partial charge on any atom is 0.245 e. The van der Waals surface area contributed by atoms with Crippen LogP contribution in [0.2, 0.25) is 0 Å². The van der Waals surface area contributed by atoms with Crippen molar-refractivity contribution in [3.05, 3.63) is 0 Å². The molecule has 0 aliphatic carbocycles. The molecule has 2 rings (SSSR count). The standard InChI is InChI=1S/C11H18N2O3/c1-11(16)4-6-13(7-5-11)10(15)8-2-3-9(14)12-8/h8,16H,2-7H2,1H3,(H,12,14)/t8-/m0/s1. The van der Waals surface area contributed by atoms with Gasteiger partial charge in [-0.25, -0.2) is 0 Å². The molecule has 2 aliphatic heterocycles. The van der Waals surface area contributed by atoms with Crippen molar-refractivity contribution in [1.29, 1.82) is 0 Å². The average Bonchev–Trinajstić information content (AvgIpc) is 2.64. The van der Waals surface area contributed by atoms with Crippen molar-refractivity contribution in [1.82, 2.24) is 10.2 Å². The highest BCUT2D eigenvalue weighted by molar-refractivity contribution is 5.90. The lowest BCUT2D eigenvalue weighted by Gasteiger charge is -2.36. The van der Waals surface area contributed by atoms with Gasteiger partial charge in [0.25, 0.3) is 0 Å². The van der Waals surface area contributed by atoms with E-state index in [1.807, 2.05) is 0 Å². The molecule has 0 aromatic carbocycles. The SMILES string of the molecule is CC1(O)CCN(C(=O)[C@@H]2CCC(=O)N2)CC1. The number of piperidine rings is 1. The third kappa shape index (κ3) is 2.35. The number of nitrogens with one attached hydrogen (secondary N) is 1. The van der Waals surface area contributed by atoms with Crippen molar-refractivity contribution in [3.8, 4) is 0 Å². The van der Waals surface area contributed by atoms with Gasteiger partial charge in [0.2, 0.25) is 11.8 Å². The van der Waals surface area contributed by atoms with Crippen LogP contribution in [0.15, 0.2) is 0 Å². The van der Waals surface area contributed by atoms with Crippen LogP contribution in [-0.4, -0.2) is 46.6 Å². The summed E-state index contributed by atoms with van der Waals surface area (Å²) in [6.07, 6.45) is 2.27. The lowest BCUT2D eigenvalue weighted by Crippen LogP contribution is -2.50. The van der Waals surface area contributed by atoms with E-state index in [4.69, 9.17) is 0 Å². The number of aliphatic hydroxyl groups is 1. The summed E-state index contributed by atoms with van der Waals surface area (Å²) in [6, 6.07) is -0.337. The first-order valence-electron chi connectivity index (χ1n) is 5.78. The topological polar surface area (TPSA) is 69.6 Å². The first kappa shape index (κ1) is 11.4. The number of rotatable bonds is 1. The lowest BCUT2D eigenvalue weighted by atomic mass is 9.93. The van der Waals surface area contributed by atoms with Crippen molar-refractivity contribution in [2.75, 3.05) is 13.1 Å². The highest BCUT2D eigenvalue weighted by Crippen LogP contribution is 2.22. The van der Waals surface area contributed by atoms with E-state index >= 15 is 0 Å². The molecule has 2 fully saturated rings. The third-order valence-electron chi connectivity index (χ3n) is 3.45. The molecule has 90 valence electrons. The lowest BCUT2D eigenvalue weighted by molar-refractivity contribution is -0.137. The zero-order valence-electron chi connectivity index (χ0n) is 9.53. The summed E-state index contributed by atoms with van der Waals surface area (Å²) < 4.78 is 0. The van der Waals surface area contributed by atoms with Crippen LogP contribution in [0, 0.1) is 0 Å². The van der Waals surface area contributed by atoms with Gasteiger partial charge in [0.05, 0.1) is 5.60 Å². The molecule has 0 saturated carbocycles. The van der Waals surface area contributed by atoms with E-state index in [2.05, 4.69) is 5.32 Å². The van der Waals surface area contributed by atoms with Crippen LogP contribution in [0.4, 0.5) is 0 Å². The Morgan fingerprint density at radius 3 is 2.62 bits per heavy atom. The predicted molar refractivity (Wildman–Crippen MR) is 57.6 cm³/mol. The van der Waals surface area contributed by atoms with Gasteiger partial charge < -0.3 is 15.3 Å². The van der Waals surface area contributed by atoms with Crippen LogP contribution in [0.25, 0.3) is 0 Å². The van der Waals surface area contributed by atoms with Crippen LogP contribution < -0.4 is 5.32 Å². The molecule has 5 heteroatoms. The Bertz CT molecular complexity index is 304. The van der Waals surface area contributed by atoms with Gasteiger partial charge in [-0.3, -0.25) is 9.59 Å². The zero-order chi connectivity index (χ0) is 11.8. The minimum Gasteiger partial charge on any atom is -0.390 e. The van der Waals surface area contributed by atoms with E-state index in [1.54, 1.807) is 11.8 Å². The fourth-order valence-electron chi connectivity index (χ4n) is 2.23. The molecule has 2 aliphatic rings. The summed E-state index contributed by atoms with van der Waals surface area (Å²) in [5, 5.41) is 12.5. The van der Waals surface area contributed by atoms with E-state index in [9.17, 15) is 14.7 Å². The molecular formula is C11H18N2O3. The van der Waals surface area contributed by atoms with Crippen LogP contribution in [0.5, 0.6) is 0 Å². The molecule has 16 heavy (non-hydrogen) atoms. The fourth-order valence-corrected chi connectivity index (χ4v) is 2.23. The van der Waals surface area contributed by atoms with Gasteiger partial charge >= 0.3 is 0 Å². The highest BCUT2D eigenvalue weighted by Gasteiger charge is 2.35. The Hall–Kier alpha value is -1.10. The Balaban J connectivity index is 1.89. The average molecular weight is 226 g/mol. The van der Waals surface area contributed by atoms with Gasteiger partial charge in [-0.1, -0.05) is 0 Å². The second-order valence-electron chi connectivity index (χ2n) is 4.98. The number of likely N-dealkylation sites (tertiary alicyclic amines) is 1. The molecular weight excluding hydrogens is 208 g/mol. The number of hydrogen-bond acceptors (Lipinski definition) is 3. The molecule has 0 bridgehead atoms. The van der Waals surface area contributed by atoms with Gasteiger partial charge in [-0.05, 0) is 26.2 Å². The molecule has 5 nitrogen and oxygen atoms in total. The number of carbonyl (C=O) groups is 2. The van der Waals surface area contributed by atoms with Crippen molar-refractivity contribution >= 4 is 11.8 Å². The van der Waals surface area contributed by atoms with Crippen LogP contribution in [0.1, 0.15) is 32.6 Å². The monoisotopic (exact) mass is 226 g/mol. The van der Waals surface area contributed by atoms with Crippen LogP contribution in [0.3, 0.4) is 0 Å². The van der Waals surface area contributed by atoms with Crippen molar-refractivity contribution in [2.45, 2.75) is 44.2 Å². The number of hydrogen-bond donors (Lipinski definition) is 2. The smallest absolute Gasteiger partial charge is 0.245 e. The van der Waals surface area contributed by atoms with Crippen molar-refractivity contribution in [2.24, 2.45) is 0 Å². The second kappa shape index (κ2) is 4.05. The summed E-state index contributed by atoms with van der Waals surface area (Å²) in [6.45, 7) is 2.96. The van der Waals surface area contributed by atoms with E-state index < -0.39 is 5.60 Å². The first-order valence-corrected chi connectivity index (χ1v) is 5.78. The van der Waals surface area contributed by atoms with E-state index in [0.717, 1.165) is 0 Å². The van der Waals surface area contributed by atoms with Gasteiger partial charge in [0.15, 0.2) is 0 Å². The van der Waals surface area contributed by atoms with E-state index in [1.165, 1.54) is 0 Å². The van der Waals surface area contributed by atoms with Gasteiger partial charge in [0, 0.05) is 19.5 Å². The van der Waals surface area contributed by atoms with E-state index in [-0.39, 0.29) is 17.9 Å². The fraction of sp³-hybridized carbons (Fsp3) is 0.818. The number of carbonyl (C=O) groups excluding carboxylic acids is 2. The molecule has 0 spiro atoms. The molecule has 0 aromatic heterocycles. The molecule has 1 atom stereocenters. The van der Waals surface area contributed by atoms with Gasteiger partial charge in [0.1, 0.15) is 6.04 Å². The Labute approximate surface area is 94.8 Å². The Kier molecular flexibility index (Phi) is 2.88. The first-order chi connectivity index (χ1) is 7.48. The summed E-state index contributed by atoms with van der Waals surface area (Å²) in [5.74, 6) is -0.0382. The molecule has 2 amide bonds. The van der Waals surface area contributed by atoms with Crippen LogP contribution >= 0.6 is 0 Å². The molecule has 2 saturated heterocycles. The maximum atomic E-state index is 12.0. The molecule has 0 radical (unpaired) electrons. The molecule has 0 unspecified atom stereocenters. The maximum absolute atomic E-state index is 12.0. The number of amides is 2. The summed E-state index contributed by atoms with van der Waals surface area (Å²) in [4.78, 5) is 24.8. The minimum atomic E-state index is -0.643. The summed E-state index contributed by atoms with van der Waals surface area (Å²) in [7, 11) is 0. The normalized spacial score (nSPS) is 29.0. The van der Waals surface area contributed by atoms with Crippen LogP contribution in [-0.2, 0) is 9.59 Å². The van der Waals surface area contributed by atoms with E-state index in [0.29, 0.717) is 38.8 Å². The predicted octanol–water partition coefficient (Wildman–Crippen LogP) is -0.362. The highest BCUT2D eigenvalue weighted by atomic mass is 16.3. The van der Waals surface area contributed by atoms with Gasteiger partial charge in [-0.15, -0.1) is 0 Å². The second-order valence-corrected chi connectivity index (χ2v) is 4.98. The molecule has 2 heterocycles. The molecule has 0 aromatic rings. The van der Waals surface area contributed by atoms with Crippen molar-refractivity contribution < 1.29 is 14.7 Å². The minimum absolute atomic E-state index is 0.00125. The zero-order valence-corrected chi connectivity index (χ0v) is 9.53. The largest absolute Gasteiger partial charge is 0.390 e. The molecule has 2 N–H and O–H groups in total. The summed E-state index contributed by atoms with van der Waals surface area (Å²) in [5.41, 5.74) is -0.643. The van der Waals surface area contributed by atoms with Crippen molar-refractivity contribution in [3.63, 3.8) is 0 Å². The quantitative estimate of drug-likeness (QED) is 0.641. The number of nitrogens with zero attached hydrogens (tertiary/aromatic N) is 1. The Morgan fingerprint density at radius 2 is 2.12 bits per heavy atom. The Morgan fingerprint density at radius 1 is 1.50 bits per heavy atom. The third-order valence-corrected chi connectivity index (χ3v) is 3.45. The summed E-state index contributed by atoms with van der Waals surface area (Å²) >= 11 is 0. The van der Waals surface area contributed by atoms with Gasteiger partial charge in [-0.2, -0.15) is 0 Å².